The summed E-state index contributed by atoms with van der Waals surface area (Å²) >= 11 is 0. The zero-order valence-corrected chi connectivity index (χ0v) is 22.8. The Morgan fingerprint density at radius 2 is 1.75 bits per heavy atom. The number of esters is 1. The molecule has 1 aromatic rings. The van der Waals surface area contributed by atoms with Gasteiger partial charge in [0.05, 0.1) is 17.6 Å². The lowest BCUT2D eigenvalue weighted by Gasteiger charge is -2.58. The van der Waals surface area contributed by atoms with Crippen molar-refractivity contribution in [2.24, 2.45) is 28.6 Å². The van der Waals surface area contributed by atoms with Crippen molar-refractivity contribution < 1.29 is 19.1 Å². The number of fused-ring (bicyclic) bond motifs is 3. The minimum Gasteiger partial charge on any atom is -0.459 e. The number of carbonyl (C=O) groups is 2. The molecule has 2 saturated heterocycles. The average Bonchev–Trinajstić information content (AvgIpc) is 3.30. The molecule has 0 bridgehead atoms. The molecule has 5 aliphatic rings. The molecule has 3 aliphatic carbocycles. The van der Waals surface area contributed by atoms with Crippen LogP contribution in [0, 0.1) is 28.6 Å². The van der Waals surface area contributed by atoms with Gasteiger partial charge in [0.25, 0.3) is 0 Å². The second-order valence-corrected chi connectivity index (χ2v) is 13.5. The van der Waals surface area contributed by atoms with Crippen LogP contribution in [0.4, 0.5) is 0 Å². The van der Waals surface area contributed by atoms with Gasteiger partial charge in [-0.2, -0.15) is 0 Å². The van der Waals surface area contributed by atoms with Gasteiger partial charge in [-0.05, 0) is 66.7 Å². The lowest BCUT2D eigenvalue weighted by atomic mass is 9.45. The molecular weight excluding hydrogens is 448 g/mol. The first-order valence-electron chi connectivity index (χ1n) is 13.8. The van der Waals surface area contributed by atoms with Crippen LogP contribution in [-0.4, -0.2) is 30.1 Å². The van der Waals surface area contributed by atoms with E-state index < -0.39 is 10.8 Å². The molecule has 0 radical (unpaired) electrons. The van der Waals surface area contributed by atoms with Crippen LogP contribution in [0.2, 0.25) is 0 Å². The molecule has 2 aliphatic heterocycles. The monoisotopic (exact) mass is 488 g/mol. The topological polar surface area (TPSA) is 52.6 Å². The number of hydrogen-bond donors (Lipinski definition) is 0. The maximum absolute atomic E-state index is 13.5. The third-order valence-electron chi connectivity index (χ3n) is 10.7. The van der Waals surface area contributed by atoms with Crippen LogP contribution in [0.5, 0.6) is 0 Å². The molecule has 9 atom stereocenters. The van der Waals surface area contributed by atoms with Crippen molar-refractivity contribution in [3.05, 3.63) is 58.7 Å². The average molecular weight is 489 g/mol. The highest BCUT2D eigenvalue weighted by molar-refractivity contribution is 6.00. The van der Waals surface area contributed by atoms with E-state index in [4.69, 9.17) is 9.47 Å². The van der Waals surface area contributed by atoms with E-state index in [2.05, 4.69) is 65.8 Å². The lowest BCUT2D eigenvalue weighted by molar-refractivity contribution is -0.202. The van der Waals surface area contributed by atoms with Crippen LogP contribution in [0.3, 0.4) is 0 Å². The summed E-state index contributed by atoms with van der Waals surface area (Å²) in [6.07, 6.45) is 5.77. The highest BCUT2D eigenvalue weighted by Gasteiger charge is 2.72. The molecule has 192 valence electrons. The molecule has 36 heavy (non-hydrogen) atoms. The molecule has 1 aromatic carbocycles. The summed E-state index contributed by atoms with van der Waals surface area (Å²) in [6.45, 7) is 15.3. The Morgan fingerprint density at radius 1 is 1.06 bits per heavy atom. The fourth-order valence-corrected chi connectivity index (χ4v) is 8.74. The van der Waals surface area contributed by atoms with E-state index in [1.165, 1.54) is 22.3 Å². The zero-order chi connectivity index (χ0) is 25.8. The molecule has 4 nitrogen and oxygen atoms in total. The Balaban J connectivity index is 1.37. The number of ether oxygens (including phenoxy) is 2. The van der Waals surface area contributed by atoms with E-state index in [9.17, 15) is 9.59 Å². The number of ketones is 1. The number of carbonyl (C=O) groups excluding carboxylic acids is 2. The van der Waals surface area contributed by atoms with E-state index >= 15 is 0 Å². The van der Waals surface area contributed by atoms with Crippen LogP contribution in [0.15, 0.2) is 47.6 Å². The van der Waals surface area contributed by atoms with Crippen LogP contribution in [-0.2, 0) is 24.5 Å². The summed E-state index contributed by atoms with van der Waals surface area (Å²) < 4.78 is 13.0. The first-order valence-corrected chi connectivity index (χ1v) is 13.8. The summed E-state index contributed by atoms with van der Waals surface area (Å²) in [5.74, 6) is 0.449. The van der Waals surface area contributed by atoms with Gasteiger partial charge in [0.2, 0.25) is 0 Å². The Hall–Kier alpha value is -2.20. The fraction of sp³-hybridized carbons (Fsp3) is 0.625. The van der Waals surface area contributed by atoms with Crippen molar-refractivity contribution in [2.75, 3.05) is 0 Å². The van der Waals surface area contributed by atoms with Gasteiger partial charge in [0.15, 0.2) is 5.78 Å². The first kappa shape index (κ1) is 24.2. The molecular formula is C32H40O4. The quantitative estimate of drug-likeness (QED) is 0.362. The van der Waals surface area contributed by atoms with Crippen molar-refractivity contribution in [3.63, 3.8) is 0 Å². The van der Waals surface area contributed by atoms with Crippen molar-refractivity contribution in [1.29, 1.82) is 0 Å². The van der Waals surface area contributed by atoms with Gasteiger partial charge in [0, 0.05) is 17.3 Å². The lowest BCUT2D eigenvalue weighted by Crippen LogP contribution is -2.64. The first-order chi connectivity index (χ1) is 16.9. The number of benzene rings is 1. The minimum atomic E-state index is -0.756. The van der Waals surface area contributed by atoms with E-state index in [0.717, 1.165) is 19.3 Å². The summed E-state index contributed by atoms with van der Waals surface area (Å²) in [7, 11) is 0. The highest BCUT2D eigenvalue weighted by Crippen LogP contribution is 2.65. The summed E-state index contributed by atoms with van der Waals surface area (Å²) in [5, 5.41) is 0. The van der Waals surface area contributed by atoms with E-state index in [1.807, 2.05) is 13.0 Å². The van der Waals surface area contributed by atoms with E-state index in [1.54, 1.807) is 6.08 Å². The second-order valence-electron chi connectivity index (χ2n) is 13.5. The van der Waals surface area contributed by atoms with Crippen LogP contribution >= 0.6 is 0 Å². The van der Waals surface area contributed by atoms with Gasteiger partial charge < -0.3 is 9.47 Å². The summed E-state index contributed by atoms with van der Waals surface area (Å²) in [4.78, 5) is 26.6. The Morgan fingerprint density at radius 3 is 2.39 bits per heavy atom. The molecule has 2 heterocycles. The number of allylic oxidation sites excluding steroid dienone is 2. The normalized spacial score (nSPS) is 43.2. The number of rotatable bonds is 2. The molecule has 1 saturated carbocycles. The molecule has 0 unspecified atom stereocenters. The summed E-state index contributed by atoms with van der Waals surface area (Å²) in [6, 6.07) is 9.12. The maximum atomic E-state index is 13.5. The van der Waals surface area contributed by atoms with Gasteiger partial charge >= 0.3 is 5.97 Å². The van der Waals surface area contributed by atoms with E-state index in [0.29, 0.717) is 5.92 Å². The highest BCUT2D eigenvalue weighted by atomic mass is 16.6. The Bertz CT molecular complexity index is 1180. The van der Waals surface area contributed by atoms with Crippen LogP contribution < -0.4 is 0 Å². The van der Waals surface area contributed by atoms with Crippen molar-refractivity contribution in [2.45, 2.75) is 97.4 Å². The molecule has 0 N–H and O–H groups in total. The third kappa shape index (κ3) is 3.03. The van der Waals surface area contributed by atoms with Gasteiger partial charge in [-0.25, -0.2) is 0 Å². The predicted octanol–water partition coefficient (Wildman–Crippen LogP) is 6.29. The van der Waals surface area contributed by atoms with Crippen molar-refractivity contribution >= 4 is 11.8 Å². The van der Waals surface area contributed by atoms with Gasteiger partial charge in [-0.15, -0.1) is 0 Å². The maximum Gasteiger partial charge on any atom is 0.316 e. The zero-order valence-electron chi connectivity index (χ0n) is 22.8. The fourth-order valence-electron chi connectivity index (χ4n) is 8.74. The van der Waals surface area contributed by atoms with Crippen molar-refractivity contribution in [3.8, 4) is 0 Å². The smallest absolute Gasteiger partial charge is 0.316 e. The minimum absolute atomic E-state index is 0.0563. The molecule has 0 spiro atoms. The SMILES string of the molecule is CC[C@H]1[C@@H]2CC3=C(C)[C@H](c4ccc(C(C)(C)C)cc4)C[C@H]3O[C@@H]2[C@@H]2OC(=O)[C@]3(C)C=CC(=O)[C@@]1(C)[C@@H]23. The predicted molar refractivity (Wildman–Crippen MR) is 139 cm³/mol. The second kappa shape index (κ2) is 7.66. The molecule has 6 rings (SSSR count). The molecule has 0 amide bonds. The Kier molecular flexibility index (Phi) is 5.14. The molecule has 0 aromatic heterocycles. The molecule has 3 fully saturated rings. The third-order valence-corrected chi connectivity index (χ3v) is 10.7. The van der Waals surface area contributed by atoms with Gasteiger partial charge in [-0.3, -0.25) is 9.59 Å². The summed E-state index contributed by atoms with van der Waals surface area (Å²) in [5.41, 5.74) is 4.30. The van der Waals surface area contributed by atoms with Crippen LogP contribution in [0.25, 0.3) is 0 Å². The van der Waals surface area contributed by atoms with Crippen molar-refractivity contribution in [1.82, 2.24) is 0 Å². The van der Waals surface area contributed by atoms with Gasteiger partial charge in [-0.1, -0.05) is 77.0 Å². The van der Waals surface area contributed by atoms with Crippen LogP contribution in [0.1, 0.15) is 84.8 Å². The molecule has 4 heteroatoms. The number of hydrogen-bond acceptors (Lipinski definition) is 4. The Labute approximate surface area is 215 Å². The standard InChI is InChI=1S/C32H40O4/c1-8-23-22-15-21-17(2)20(18-9-11-19(12-10-18)30(3,4)5)16-24(21)35-26(22)27-28-31(6,29(34)36-27)14-13-25(33)32(23,28)7/h9-14,20,22-24,26-28H,8,15-16H2,1-7H3/t20-,22+,23+,24-,26+,27+,28+,31-,32+/m1/s1. The van der Waals surface area contributed by atoms with E-state index in [-0.39, 0.29) is 53.2 Å². The van der Waals surface area contributed by atoms with Gasteiger partial charge in [0.1, 0.15) is 6.10 Å². The largest absolute Gasteiger partial charge is 0.459 e.